The van der Waals surface area contributed by atoms with Crippen LogP contribution in [0, 0.1) is 11.7 Å². The van der Waals surface area contributed by atoms with E-state index in [-0.39, 0.29) is 24.2 Å². The van der Waals surface area contributed by atoms with Crippen LogP contribution >= 0.6 is 11.3 Å². The standard InChI is InChI=1S/C20H22FNO3S/c1-2-25-20(24)17-16(13-8-10-15(21)11-9-13)12-26-19(17)22-18(23)14-6-4-3-5-7-14/h8-12,14H,2-7H2,1H3,(H,22,23). The van der Waals surface area contributed by atoms with E-state index in [4.69, 9.17) is 4.74 Å². The summed E-state index contributed by atoms with van der Waals surface area (Å²) >= 11 is 1.30. The maximum absolute atomic E-state index is 13.2. The van der Waals surface area contributed by atoms with Crippen LogP contribution in [0.1, 0.15) is 49.4 Å². The number of thiophene rings is 1. The van der Waals surface area contributed by atoms with Crippen LogP contribution in [0.5, 0.6) is 0 Å². The molecular formula is C20H22FNO3S. The second-order valence-electron chi connectivity index (χ2n) is 6.41. The highest BCUT2D eigenvalue weighted by Crippen LogP contribution is 2.37. The van der Waals surface area contributed by atoms with Gasteiger partial charge in [0.05, 0.1) is 6.61 Å². The molecule has 0 aliphatic heterocycles. The van der Waals surface area contributed by atoms with E-state index < -0.39 is 5.97 Å². The van der Waals surface area contributed by atoms with E-state index >= 15 is 0 Å². The molecule has 1 aromatic heterocycles. The number of carbonyl (C=O) groups is 2. The first-order valence-corrected chi connectivity index (χ1v) is 9.83. The lowest BCUT2D eigenvalue weighted by Gasteiger charge is -2.20. The molecule has 0 bridgehead atoms. The van der Waals surface area contributed by atoms with Crippen LogP contribution in [0.15, 0.2) is 29.6 Å². The van der Waals surface area contributed by atoms with Crippen molar-refractivity contribution in [2.24, 2.45) is 5.92 Å². The summed E-state index contributed by atoms with van der Waals surface area (Å²) in [5, 5.41) is 5.23. The van der Waals surface area contributed by atoms with Crippen molar-refractivity contribution >= 4 is 28.2 Å². The summed E-state index contributed by atoms with van der Waals surface area (Å²) in [5.74, 6) is -0.863. The Bertz CT molecular complexity index is 779. The topological polar surface area (TPSA) is 55.4 Å². The van der Waals surface area contributed by atoms with Crippen molar-refractivity contribution in [1.82, 2.24) is 0 Å². The molecule has 3 rings (SSSR count). The Kier molecular flexibility index (Phi) is 6.04. The lowest BCUT2D eigenvalue weighted by Crippen LogP contribution is -2.25. The van der Waals surface area contributed by atoms with Crippen LogP contribution in [-0.2, 0) is 9.53 Å². The lowest BCUT2D eigenvalue weighted by atomic mass is 9.88. The largest absolute Gasteiger partial charge is 0.462 e. The molecular weight excluding hydrogens is 353 g/mol. The van der Waals surface area contributed by atoms with Gasteiger partial charge in [0.1, 0.15) is 16.4 Å². The van der Waals surface area contributed by atoms with Crippen LogP contribution in [0.2, 0.25) is 0 Å². The number of ether oxygens (including phenoxy) is 1. The molecule has 1 heterocycles. The fourth-order valence-electron chi connectivity index (χ4n) is 3.28. The summed E-state index contributed by atoms with van der Waals surface area (Å²) in [4.78, 5) is 25.1. The number of anilines is 1. The van der Waals surface area contributed by atoms with Gasteiger partial charge in [0.15, 0.2) is 0 Å². The first-order chi connectivity index (χ1) is 12.6. The van der Waals surface area contributed by atoms with Gasteiger partial charge in [-0.15, -0.1) is 11.3 Å². The van der Waals surface area contributed by atoms with Crippen molar-refractivity contribution in [1.29, 1.82) is 0 Å². The molecule has 1 fully saturated rings. The smallest absolute Gasteiger partial charge is 0.341 e. The molecule has 138 valence electrons. The van der Waals surface area contributed by atoms with Crippen LogP contribution in [0.3, 0.4) is 0 Å². The average Bonchev–Trinajstić information content (AvgIpc) is 3.07. The van der Waals surface area contributed by atoms with Gasteiger partial charge in [-0.25, -0.2) is 9.18 Å². The van der Waals surface area contributed by atoms with Gasteiger partial charge in [-0.3, -0.25) is 4.79 Å². The van der Waals surface area contributed by atoms with Gasteiger partial charge in [0.2, 0.25) is 5.91 Å². The zero-order chi connectivity index (χ0) is 18.5. The van der Waals surface area contributed by atoms with Gasteiger partial charge >= 0.3 is 5.97 Å². The van der Waals surface area contributed by atoms with E-state index in [9.17, 15) is 14.0 Å². The third kappa shape index (κ3) is 4.12. The normalized spacial score (nSPS) is 14.8. The summed E-state index contributed by atoms with van der Waals surface area (Å²) in [6.07, 6.45) is 5.07. The molecule has 0 saturated heterocycles. The number of hydrogen-bond donors (Lipinski definition) is 1. The first-order valence-electron chi connectivity index (χ1n) is 8.95. The number of carbonyl (C=O) groups excluding carboxylic acids is 2. The molecule has 1 saturated carbocycles. The maximum Gasteiger partial charge on any atom is 0.341 e. The SMILES string of the molecule is CCOC(=O)c1c(-c2ccc(F)cc2)csc1NC(=O)C1CCCCC1. The number of esters is 1. The number of amides is 1. The highest BCUT2D eigenvalue weighted by molar-refractivity contribution is 7.15. The average molecular weight is 375 g/mol. The molecule has 0 atom stereocenters. The van der Waals surface area contributed by atoms with Gasteiger partial charge in [0, 0.05) is 16.9 Å². The van der Waals surface area contributed by atoms with E-state index in [2.05, 4.69) is 5.32 Å². The molecule has 1 N–H and O–H groups in total. The van der Waals surface area contributed by atoms with Crippen molar-refractivity contribution < 1.29 is 18.7 Å². The highest BCUT2D eigenvalue weighted by Gasteiger charge is 2.26. The van der Waals surface area contributed by atoms with Gasteiger partial charge in [-0.05, 0) is 37.5 Å². The molecule has 1 amide bonds. The Morgan fingerprint density at radius 2 is 1.88 bits per heavy atom. The van der Waals surface area contributed by atoms with E-state index in [1.54, 1.807) is 24.4 Å². The molecule has 0 spiro atoms. The molecule has 1 aromatic carbocycles. The van der Waals surface area contributed by atoms with Crippen molar-refractivity contribution in [3.63, 3.8) is 0 Å². The van der Waals surface area contributed by atoms with E-state index in [1.165, 1.54) is 29.9 Å². The minimum absolute atomic E-state index is 0.00448. The maximum atomic E-state index is 13.2. The van der Waals surface area contributed by atoms with Crippen LogP contribution in [-0.4, -0.2) is 18.5 Å². The van der Waals surface area contributed by atoms with Gasteiger partial charge in [0.25, 0.3) is 0 Å². The molecule has 0 unspecified atom stereocenters. The second-order valence-corrected chi connectivity index (χ2v) is 7.28. The molecule has 0 radical (unpaired) electrons. The summed E-state index contributed by atoms with van der Waals surface area (Å²) in [6.45, 7) is 1.98. The predicted octanol–water partition coefficient (Wildman–Crippen LogP) is 5.25. The monoisotopic (exact) mass is 375 g/mol. The lowest BCUT2D eigenvalue weighted by molar-refractivity contribution is -0.120. The highest BCUT2D eigenvalue weighted by atomic mass is 32.1. The van der Waals surface area contributed by atoms with Crippen LogP contribution < -0.4 is 5.32 Å². The first kappa shape index (κ1) is 18.6. The summed E-state index contributed by atoms with van der Waals surface area (Å²) < 4.78 is 18.4. The van der Waals surface area contributed by atoms with Crippen molar-refractivity contribution in [2.45, 2.75) is 39.0 Å². The Hall–Kier alpha value is -2.21. The molecule has 4 nitrogen and oxygen atoms in total. The van der Waals surface area contributed by atoms with Crippen LogP contribution in [0.4, 0.5) is 9.39 Å². The summed E-state index contributed by atoms with van der Waals surface area (Å²) in [6, 6.07) is 5.93. The van der Waals surface area contributed by atoms with Gasteiger partial charge in [-0.1, -0.05) is 31.4 Å². The van der Waals surface area contributed by atoms with Gasteiger partial charge < -0.3 is 10.1 Å². The summed E-state index contributed by atoms with van der Waals surface area (Å²) in [5.41, 5.74) is 1.70. The Morgan fingerprint density at radius 1 is 1.19 bits per heavy atom. The van der Waals surface area contributed by atoms with Gasteiger partial charge in [-0.2, -0.15) is 0 Å². The van der Waals surface area contributed by atoms with E-state index in [1.807, 2.05) is 0 Å². The van der Waals surface area contributed by atoms with E-state index in [0.29, 0.717) is 21.7 Å². The third-order valence-corrected chi connectivity index (χ3v) is 5.53. The number of benzene rings is 1. The number of hydrogen-bond acceptors (Lipinski definition) is 4. The molecule has 2 aromatic rings. The second kappa shape index (κ2) is 8.45. The minimum Gasteiger partial charge on any atom is -0.462 e. The fourth-order valence-corrected chi connectivity index (χ4v) is 4.24. The summed E-state index contributed by atoms with van der Waals surface area (Å²) in [7, 11) is 0. The Labute approximate surface area is 156 Å². The van der Waals surface area contributed by atoms with Crippen molar-refractivity contribution in [2.75, 3.05) is 11.9 Å². The molecule has 1 aliphatic carbocycles. The molecule has 6 heteroatoms. The Balaban J connectivity index is 1.90. The molecule has 26 heavy (non-hydrogen) atoms. The fraction of sp³-hybridized carbons (Fsp3) is 0.400. The van der Waals surface area contributed by atoms with Crippen molar-refractivity contribution in [3.8, 4) is 11.1 Å². The van der Waals surface area contributed by atoms with E-state index in [0.717, 1.165) is 25.7 Å². The molecule has 1 aliphatic rings. The van der Waals surface area contributed by atoms with Crippen molar-refractivity contribution in [3.05, 3.63) is 41.0 Å². The predicted molar refractivity (Wildman–Crippen MR) is 101 cm³/mol. The van der Waals surface area contributed by atoms with Crippen LogP contribution in [0.25, 0.3) is 11.1 Å². The number of rotatable bonds is 5. The quantitative estimate of drug-likeness (QED) is 0.726. The number of halogens is 1. The zero-order valence-electron chi connectivity index (χ0n) is 14.7. The zero-order valence-corrected chi connectivity index (χ0v) is 15.5. The third-order valence-electron chi connectivity index (χ3n) is 4.64. The number of nitrogens with one attached hydrogen (secondary N) is 1. The minimum atomic E-state index is -0.480. The Morgan fingerprint density at radius 3 is 2.54 bits per heavy atom.